The highest BCUT2D eigenvalue weighted by molar-refractivity contribution is 8.14. The Bertz CT molecular complexity index is 1150. The highest BCUT2D eigenvalue weighted by Gasteiger charge is 2.31. The van der Waals surface area contributed by atoms with Crippen molar-refractivity contribution in [1.29, 1.82) is 0 Å². The van der Waals surface area contributed by atoms with Crippen molar-refractivity contribution in [2.24, 2.45) is 9.50 Å². The van der Waals surface area contributed by atoms with Gasteiger partial charge >= 0.3 is 0 Å². The molecule has 33 heavy (non-hydrogen) atoms. The summed E-state index contributed by atoms with van der Waals surface area (Å²) in [4.78, 5) is 1.00. The van der Waals surface area contributed by atoms with Crippen LogP contribution in [-0.2, 0) is 0 Å². The molecule has 0 aromatic heterocycles. The number of thioether (sulfide) groups is 1. The van der Waals surface area contributed by atoms with E-state index in [4.69, 9.17) is 27.5 Å². The van der Waals surface area contributed by atoms with Crippen LogP contribution in [0.2, 0.25) is 5.02 Å². The van der Waals surface area contributed by atoms with E-state index in [0.717, 1.165) is 33.4 Å². The second-order valence-corrected chi connectivity index (χ2v) is 8.93. The first-order chi connectivity index (χ1) is 16.2. The molecule has 0 bridgehead atoms. The van der Waals surface area contributed by atoms with Gasteiger partial charge in [-0.3, -0.25) is 0 Å². The van der Waals surface area contributed by atoms with E-state index >= 15 is 0 Å². The molecule has 0 fully saturated rings. The Morgan fingerprint density at radius 2 is 1.79 bits per heavy atom. The van der Waals surface area contributed by atoms with E-state index in [1.54, 1.807) is 11.8 Å². The van der Waals surface area contributed by atoms with Crippen molar-refractivity contribution in [3.8, 4) is 12.3 Å². The lowest BCUT2D eigenvalue weighted by Crippen LogP contribution is -2.23. The third-order valence-corrected chi connectivity index (χ3v) is 6.65. The maximum atomic E-state index is 6.11. The van der Waals surface area contributed by atoms with Crippen LogP contribution in [0.25, 0.3) is 0 Å². The van der Waals surface area contributed by atoms with Crippen LogP contribution in [0, 0.1) is 12.3 Å². The number of nitrogens with zero attached hydrogens (tertiary/aromatic N) is 3. The summed E-state index contributed by atoms with van der Waals surface area (Å²) in [6.07, 6.45) is 7.54. The standard InChI is InChI=1S/C25H20ClN3S2.C2H6/c1-3-18-8-7-11-22(16-18)31-28-25(30-2)29-17-23(19-9-5-4-6-10-19)24(27-29)20-12-14-21(26)15-13-20;1-2/h1,4-16,23H,17H2,2H3;1-2H3. The average Bonchev–Trinajstić information content (AvgIpc) is 3.32. The summed E-state index contributed by atoms with van der Waals surface area (Å²) >= 11 is 9.10. The van der Waals surface area contributed by atoms with Gasteiger partial charge in [0.15, 0.2) is 5.17 Å². The molecule has 4 rings (SSSR count). The van der Waals surface area contributed by atoms with Crippen molar-refractivity contribution in [2.75, 3.05) is 12.8 Å². The second kappa shape index (κ2) is 12.6. The molecule has 0 N–H and O–H groups in total. The summed E-state index contributed by atoms with van der Waals surface area (Å²) in [5, 5.41) is 8.53. The zero-order chi connectivity index (χ0) is 23.6. The van der Waals surface area contributed by atoms with E-state index < -0.39 is 0 Å². The zero-order valence-electron chi connectivity index (χ0n) is 18.9. The van der Waals surface area contributed by atoms with E-state index in [-0.39, 0.29) is 5.92 Å². The van der Waals surface area contributed by atoms with Gasteiger partial charge < -0.3 is 0 Å². The van der Waals surface area contributed by atoms with Gasteiger partial charge in [-0.15, -0.1) is 6.42 Å². The molecule has 6 heteroatoms. The number of hydrogen-bond donors (Lipinski definition) is 0. The van der Waals surface area contributed by atoms with E-state index in [1.165, 1.54) is 17.5 Å². The molecule has 0 amide bonds. The Hall–Kier alpha value is -2.65. The summed E-state index contributed by atoms with van der Waals surface area (Å²) in [6, 6.07) is 26.1. The highest BCUT2D eigenvalue weighted by atomic mass is 35.5. The Morgan fingerprint density at radius 3 is 2.45 bits per heavy atom. The fourth-order valence-corrected chi connectivity index (χ4v) is 4.83. The normalized spacial score (nSPS) is 15.4. The Balaban J connectivity index is 0.00000149. The molecule has 0 radical (unpaired) electrons. The first kappa shape index (κ1) is 25.0. The van der Waals surface area contributed by atoms with Crippen LogP contribution in [0.3, 0.4) is 0 Å². The Morgan fingerprint density at radius 1 is 1.06 bits per heavy atom. The van der Waals surface area contributed by atoms with Crippen LogP contribution in [0.1, 0.15) is 36.5 Å². The number of hydrazone groups is 1. The molecule has 1 unspecified atom stereocenters. The molecule has 0 saturated carbocycles. The predicted octanol–water partition coefficient (Wildman–Crippen LogP) is 7.58. The number of halogens is 1. The molecule has 3 aromatic rings. The summed E-state index contributed by atoms with van der Waals surface area (Å²) in [5.74, 6) is 2.81. The SMILES string of the molecule is C#Cc1cccc(SN=C(SC)N2CC(c3ccccc3)C(c3ccc(Cl)cc3)=N2)c1.CC. The van der Waals surface area contributed by atoms with Gasteiger partial charge in [0.05, 0.1) is 12.3 Å². The van der Waals surface area contributed by atoms with Gasteiger partial charge in [-0.1, -0.05) is 91.7 Å². The number of benzene rings is 3. The Labute approximate surface area is 210 Å². The lowest BCUT2D eigenvalue weighted by atomic mass is 9.91. The van der Waals surface area contributed by atoms with Crippen molar-refractivity contribution in [1.82, 2.24) is 5.01 Å². The number of amidine groups is 1. The molecule has 1 aliphatic rings. The van der Waals surface area contributed by atoms with Crippen LogP contribution in [0.15, 0.2) is 93.3 Å². The lowest BCUT2D eigenvalue weighted by molar-refractivity contribution is 0.485. The molecule has 1 atom stereocenters. The average molecular weight is 492 g/mol. The van der Waals surface area contributed by atoms with Crippen molar-refractivity contribution in [3.05, 3.63) is 101 Å². The summed E-state index contributed by atoms with van der Waals surface area (Å²) in [5.41, 5.74) is 4.16. The number of terminal acetylenes is 1. The zero-order valence-corrected chi connectivity index (χ0v) is 21.3. The Kier molecular flexibility index (Phi) is 9.50. The number of hydrogen-bond acceptors (Lipinski definition) is 4. The minimum atomic E-state index is 0.148. The van der Waals surface area contributed by atoms with Crippen LogP contribution >= 0.6 is 35.3 Å². The van der Waals surface area contributed by atoms with Gasteiger partial charge in [-0.05, 0) is 47.7 Å². The van der Waals surface area contributed by atoms with Gasteiger partial charge in [0, 0.05) is 33.3 Å². The summed E-state index contributed by atoms with van der Waals surface area (Å²) in [6.45, 7) is 4.73. The maximum Gasteiger partial charge on any atom is 0.191 e. The molecule has 1 aliphatic heterocycles. The van der Waals surface area contributed by atoms with Gasteiger partial charge in [0.1, 0.15) is 0 Å². The highest BCUT2D eigenvalue weighted by Crippen LogP contribution is 2.32. The third-order valence-electron chi connectivity index (χ3n) is 4.89. The monoisotopic (exact) mass is 491 g/mol. The molecule has 3 aromatic carbocycles. The van der Waals surface area contributed by atoms with E-state index in [2.05, 4.69) is 30.2 Å². The molecule has 1 heterocycles. The van der Waals surface area contributed by atoms with Gasteiger partial charge in [-0.2, -0.15) is 9.50 Å². The second-order valence-electron chi connectivity index (χ2n) is 6.88. The van der Waals surface area contributed by atoms with Crippen LogP contribution in [0.4, 0.5) is 0 Å². The molecular formula is C27H26ClN3S2. The molecule has 0 spiro atoms. The fourth-order valence-electron chi connectivity index (χ4n) is 3.37. The first-order valence-corrected chi connectivity index (χ1v) is 13.1. The van der Waals surface area contributed by atoms with Crippen LogP contribution in [0.5, 0.6) is 0 Å². The van der Waals surface area contributed by atoms with Gasteiger partial charge in [0.2, 0.25) is 0 Å². The molecule has 0 saturated heterocycles. The summed E-state index contributed by atoms with van der Waals surface area (Å²) < 4.78 is 4.77. The largest absolute Gasteiger partial charge is 0.241 e. The van der Waals surface area contributed by atoms with Crippen molar-refractivity contribution < 1.29 is 0 Å². The van der Waals surface area contributed by atoms with Crippen molar-refractivity contribution >= 4 is 46.2 Å². The lowest BCUT2D eigenvalue weighted by Gasteiger charge is -2.17. The quantitative estimate of drug-likeness (QED) is 0.163. The summed E-state index contributed by atoms with van der Waals surface area (Å²) in [7, 11) is 0. The van der Waals surface area contributed by atoms with Crippen LogP contribution in [-0.4, -0.2) is 28.7 Å². The van der Waals surface area contributed by atoms with Crippen LogP contribution < -0.4 is 0 Å². The predicted molar refractivity (Wildman–Crippen MR) is 146 cm³/mol. The molecule has 168 valence electrons. The van der Waals surface area contributed by atoms with Crippen molar-refractivity contribution in [3.63, 3.8) is 0 Å². The van der Waals surface area contributed by atoms with E-state index in [0.29, 0.717) is 5.02 Å². The van der Waals surface area contributed by atoms with Gasteiger partial charge in [0.25, 0.3) is 0 Å². The minimum Gasteiger partial charge on any atom is -0.241 e. The first-order valence-electron chi connectivity index (χ1n) is 10.7. The molecule has 3 nitrogen and oxygen atoms in total. The molecule has 0 aliphatic carbocycles. The smallest absolute Gasteiger partial charge is 0.191 e. The number of rotatable bonds is 4. The fraction of sp³-hybridized carbons (Fsp3) is 0.185. The third kappa shape index (κ3) is 6.45. The van der Waals surface area contributed by atoms with Gasteiger partial charge in [-0.25, -0.2) is 5.01 Å². The topological polar surface area (TPSA) is 28.0 Å². The minimum absolute atomic E-state index is 0.148. The van der Waals surface area contributed by atoms with E-state index in [9.17, 15) is 0 Å². The maximum absolute atomic E-state index is 6.11. The van der Waals surface area contributed by atoms with Crippen molar-refractivity contribution in [2.45, 2.75) is 24.7 Å². The van der Waals surface area contributed by atoms with E-state index in [1.807, 2.05) is 79.7 Å². The molecular weight excluding hydrogens is 466 g/mol.